The SMILES string of the molecule is CCCCC(CCC(F)(F)F)NC(C)C. The smallest absolute Gasteiger partial charge is 0.312 e. The molecule has 0 rings (SSSR count). The predicted octanol–water partition coefficient (Wildman–Crippen LogP) is 3.89. The second-order valence-electron chi connectivity index (χ2n) is 4.31. The van der Waals surface area contributed by atoms with E-state index in [1.165, 1.54) is 0 Å². The van der Waals surface area contributed by atoms with Gasteiger partial charge in [-0.25, -0.2) is 0 Å². The Hall–Kier alpha value is -0.250. The van der Waals surface area contributed by atoms with E-state index >= 15 is 0 Å². The van der Waals surface area contributed by atoms with E-state index in [2.05, 4.69) is 12.2 Å². The second-order valence-corrected chi connectivity index (χ2v) is 4.31. The van der Waals surface area contributed by atoms with Crippen molar-refractivity contribution in [2.45, 2.75) is 71.1 Å². The number of unbranched alkanes of at least 4 members (excludes halogenated alkanes) is 1. The maximum absolute atomic E-state index is 12.0. The number of nitrogens with one attached hydrogen (secondary N) is 1. The Balaban J connectivity index is 3.89. The van der Waals surface area contributed by atoms with Crippen molar-refractivity contribution in [3.8, 4) is 0 Å². The standard InChI is InChI=1S/C11H22F3N/c1-4-5-6-10(15-9(2)3)7-8-11(12,13)14/h9-10,15H,4-8H2,1-3H3. The van der Waals surface area contributed by atoms with Crippen LogP contribution in [0.1, 0.15) is 52.9 Å². The molecule has 0 amide bonds. The quantitative estimate of drug-likeness (QED) is 0.693. The van der Waals surface area contributed by atoms with Crippen LogP contribution in [0.5, 0.6) is 0 Å². The molecule has 1 nitrogen and oxygen atoms in total. The highest BCUT2D eigenvalue weighted by Crippen LogP contribution is 2.23. The molecule has 4 heteroatoms. The lowest BCUT2D eigenvalue weighted by molar-refractivity contribution is -0.136. The average molecular weight is 225 g/mol. The summed E-state index contributed by atoms with van der Waals surface area (Å²) in [5.74, 6) is 0. The molecule has 0 aliphatic heterocycles. The Bertz CT molecular complexity index is 154. The highest BCUT2D eigenvalue weighted by atomic mass is 19.4. The molecule has 0 aromatic heterocycles. The zero-order valence-corrected chi connectivity index (χ0v) is 9.82. The van der Waals surface area contributed by atoms with Crippen LogP contribution in [-0.2, 0) is 0 Å². The maximum Gasteiger partial charge on any atom is 0.389 e. The first kappa shape index (κ1) is 14.8. The van der Waals surface area contributed by atoms with E-state index in [-0.39, 0.29) is 18.5 Å². The molecule has 0 spiro atoms. The van der Waals surface area contributed by atoms with Crippen molar-refractivity contribution in [2.75, 3.05) is 0 Å². The van der Waals surface area contributed by atoms with Gasteiger partial charge in [0.05, 0.1) is 0 Å². The molecule has 1 atom stereocenters. The maximum atomic E-state index is 12.0. The lowest BCUT2D eigenvalue weighted by Crippen LogP contribution is -2.35. The normalized spacial score (nSPS) is 14.6. The van der Waals surface area contributed by atoms with Crippen molar-refractivity contribution in [2.24, 2.45) is 0 Å². The number of halogens is 3. The van der Waals surface area contributed by atoms with Gasteiger partial charge >= 0.3 is 6.18 Å². The van der Waals surface area contributed by atoms with E-state index in [0.29, 0.717) is 0 Å². The molecule has 0 heterocycles. The Kier molecular flexibility index (Phi) is 6.98. The minimum atomic E-state index is -4.02. The second kappa shape index (κ2) is 7.09. The summed E-state index contributed by atoms with van der Waals surface area (Å²) in [4.78, 5) is 0. The van der Waals surface area contributed by atoms with Crippen LogP contribution in [0.25, 0.3) is 0 Å². The minimum Gasteiger partial charge on any atom is -0.312 e. The van der Waals surface area contributed by atoms with Crippen LogP contribution in [0.15, 0.2) is 0 Å². The van der Waals surface area contributed by atoms with Crippen LogP contribution >= 0.6 is 0 Å². The summed E-state index contributed by atoms with van der Waals surface area (Å²) < 4.78 is 36.1. The van der Waals surface area contributed by atoms with Crippen molar-refractivity contribution in [1.29, 1.82) is 0 Å². The molecule has 1 N–H and O–H groups in total. The van der Waals surface area contributed by atoms with Crippen LogP contribution in [0, 0.1) is 0 Å². The van der Waals surface area contributed by atoms with Gasteiger partial charge in [-0.3, -0.25) is 0 Å². The van der Waals surface area contributed by atoms with E-state index in [4.69, 9.17) is 0 Å². The van der Waals surface area contributed by atoms with Gasteiger partial charge in [-0.1, -0.05) is 33.6 Å². The van der Waals surface area contributed by atoms with Crippen molar-refractivity contribution >= 4 is 0 Å². The molecule has 0 saturated heterocycles. The summed E-state index contributed by atoms with van der Waals surface area (Å²) in [5.41, 5.74) is 0. The van der Waals surface area contributed by atoms with Crippen molar-refractivity contribution in [1.82, 2.24) is 5.32 Å². The molecular formula is C11H22F3N. The molecule has 0 aliphatic rings. The first-order chi connectivity index (χ1) is 6.85. The fourth-order valence-electron chi connectivity index (χ4n) is 1.57. The van der Waals surface area contributed by atoms with Gasteiger partial charge in [-0.2, -0.15) is 13.2 Å². The van der Waals surface area contributed by atoms with E-state index in [1.807, 2.05) is 13.8 Å². The summed E-state index contributed by atoms with van der Waals surface area (Å²) in [5, 5.41) is 3.19. The fraction of sp³-hybridized carbons (Fsp3) is 1.00. The van der Waals surface area contributed by atoms with Gasteiger partial charge in [0.15, 0.2) is 0 Å². The molecule has 15 heavy (non-hydrogen) atoms. The van der Waals surface area contributed by atoms with Gasteiger partial charge in [0.1, 0.15) is 0 Å². The Morgan fingerprint density at radius 2 is 1.73 bits per heavy atom. The monoisotopic (exact) mass is 225 g/mol. The molecule has 0 aromatic carbocycles. The summed E-state index contributed by atoms with van der Waals surface area (Å²) in [6.07, 6.45) is -1.65. The first-order valence-electron chi connectivity index (χ1n) is 5.68. The van der Waals surface area contributed by atoms with Gasteiger partial charge in [0.2, 0.25) is 0 Å². The molecule has 0 aromatic rings. The predicted molar refractivity (Wildman–Crippen MR) is 56.9 cm³/mol. The molecular weight excluding hydrogens is 203 g/mol. The largest absolute Gasteiger partial charge is 0.389 e. The van der Waals surface area contributed by atoms with Crippen molar-refractivity contribution < 1.29 is 13.2 Å². The van der Waals surface area contributed by atoms with Gasteiger partial charge < -0.3 is 5.32 Å². The van der Waals surface area contributed by atoms with Gasteiger partial charge in [-0.15, -0.1) is 0 Å². The zero-order valence-electron chi connectivity index (χ0n) is 9.82. The minimum absolute atomic E-state index is 0.00609. The van der Waals surface area contributed by atoms with Crippen LogP contribution in [0.3, 0.4) is 0 Å². The van der Waals surface area contributed by atoms with E-state index in [0.717, 1.165) is 19.3 Å². The zero-order chi connectivity index (χ0) is 11.9. The number of hydrogen-bond donors (Lipinski definition) is 1. The topological polar surface area (TPSA) is 12.0 Å². The molecule has 0 bridgehead atoms. The van der Waals surface area contributed by atoms with Crippen molar-refractivity contribution in [3.63, 3.8) is 0 Å². The lowest BCUT2D eigenvalue weighted by atomic mass is 10.0. The van der Waals surface area contributed by atoms with Crippen LogP contribution in [0.2, 0.25) is 0 Å². The van der Waals surface area contributed by atoms with Gasteiger partial charge in [0, 0.05) is 18.5 Å². The Labute approximate surface area is 90.4 Å². The van der Waals surface area contributed by atoms with Gasteiger partial charge in [-0.05, 0) is 12.8 Å². The highest BCUT2D eigenvalue weighted by molar-refractivity contribution is 4.71. The number of hydrogen-bond acceptors (Lipinski definition) is 1. The van der Waals surface area contributed by atoms with E-state index in [1.54, 1.807) is 0 Å². The third-order valence-electron chi connectivity index (χ3n) is 2.25. The van der Waals surface area contributed by atoms with Crippen molar-refractivity contribution in [3.05, 3.63) is 0 Å². The third kappa shape index (κ3) is 10.0. The molecule has 0 fully saturated rings. The summed E-state index contributed by atoms with van der Waals surface area (Å²) >= 11 is 0. The highest BCUT2D eigenvalue weighted by Gasteiger charge is 2.28. The van der Waals surface area contributed by atoms with E-state index in [9.17, 15) is 13.2 Å². The summed E-state index contributed by atoms with van der Waals surface area (Å²) in [6, 6.07) is 0.256. The molecule has 0 radical (unpaired) electrons. The summed E-state index contributed by atoms with van der Waals surface area (Å²) in [6.45, 7) is 5.98. The molecule has 0 saturated carbocycles. The Morgan fingerprint density at radius 3 is 2.13 bits per heavy atom. The first-order valence-corrected chi connectivity index (χ1v) is 5.68. The Morgan fingerprint density at radius 1 is 1.13 bits per heavy atom. The number of alkyl halides is 3. The van der Waals surface area contributed by atoms with Crippen LogP contribution in [-0.4, -0.2) is 18.3 Å². The molecule has 0 aliphatic carbocycles. The van der Waals surface area contributed by atoms with Crippen LogP contribution < -0.4 is 5.32 Å². The average Bonchev–Trinajstić information content (AvgIpc) is 2.07. The van der Waals surface area contributed by atoms with Gasteiger partial charge in [0.25, 0.3) is 0 Å². The fourth-order valence-corrected chi connectivity index (χ4v) is 1.57. The molecule has 92 valence electrons. The summed E-state index contributed by atoms with van der Waals surface area (Å²) in [7, 11) is 0. The lowest BCUT2D eigenvalue weighted by Gasteiger charge is -2.21. The third-order valence-corrected chi connectivity index (χ3v) is 2.25. The van der Waals surface area contributed by atoms with Crippen LogP contribution in [0.4, 0.5) is 13.2 Å². The van der Waals surface area contributed by atoms with E-state index < -0.39 is 12.6 Å². The number of rotatable bonds is 7. The molecule has 1 unspecified atom stereocenters.